The zero-order valence-corrected chi connectivity index (χ0v) is 12.1. The van der Waals surface area contributed by atoms with Gasteiger partial charge in [-0.3, -0.25) is 9.59 Å². The third-order valence-electron chi connectivity index (χ3n) is 3.23. The Kier molecular flexibility index (Phi) is 5.55. The highest BCUT2D eigenvalue weighted by Gasteiger charge is 2.20. The third-order valence-corrected chi connectivity index (χ3v) is 3.23. The van der Waals surface area contributed by atoms with Gasteiger partial charge in [0.1, 0.15) is 0 Å². The van der Waals surface area contributed by atoms with Gasteiger partial charge >= 0.3 is 5.97 Å². The number of nitrogen functional groups attached to an aromatic ring is 1. The fourth-order valence-electron chi connectivity index (χ4n) is 2.05. The average Bonchev–Trinajstić information content (AvgIpc) is 2.36. The fourth-order valence-corrected chi connectivity index (χ4v) is 2.05. The SMILES string of the molecule is Cc1c(N)cccc1C(=O)NCC(CC(C)C)C(=O)O. The molecular weight excluding hydrogens is 256 g/mol. The predicted octanol–water partition coefficient (Wildman–Crippen LogP) is 2.05. The van der Waals surface area contributed by atoms with Crippen molar-refractivity contribution in [2.45, 2.75) is 27.2 Å². The van der Waals surface area contributed by atoms with E-state index in [1.54, 1.807) is 25.1 Å². The van der Waals surface area contributed by atoms with Gasteiger partial charge in [0.05, 0.1) is 5.92 Å². The van der Waals surface area contributed by atoms with Crippen LogP contribution in [0.5, 0.6) is 0 Å². The molecule has 0 spiro atoms. The van der Waals surface area contributed by atoms with Crippen molar-refractivity contribution in [1.29, 1.82) is 0 Å². The van der Waals surface area contributed by atoms with E-state index in [2.05, 4.69) is 5.32 Å². The summed E-state index contributed by atoms with van der Waals surface area (Å²) in [5, 5.41) is 11.8. The van der Waals surface area contributed by atoms with Crippen molar-refractivity contribution < 1.29 is 14.7 Å². The van der Waals surface area contributed by atoms with Gasteiger partial charge in [-0.15, -0.1) is 0 Å². The topological polar surface area (TPSA) is 92.4 Å². The molecule has 0 saturated heterocycles. The van der Waals surface area contributed by atoms with Gasteiger partial charge in [-0.05, 0) is 37.0 Å². The van der Waals surface area contributed by atoms with E-state index in [1.807, 2.05) is 13.8 Å². The highest BCUT2D eigenvalue weighted by atomic mass is 16.4. The molecule has 0 aliphatic rings. The van der Waals surface area contributed by atoms with E-state index in [9.17, 15) is 9.59 Å². The van der Waals surface area contributed by atoms with E-state index in [0.29, 0.717) is 23.2 Å². The van der Waals surface area contributed by atoms with Gasteiger partial charge in [-0.2, -0.15) is 0 Å². The second kappa shape index (κ2) is 6.93. The van der Waals surface area contributed by atoms with E-state index >= 15 is 0 Å². The number of carbonyl (C=O) groups excluding carboxylic acids is 1. The largest absolute Gasteiger partial charge is 0.481 e. The fraction of sp³-hybridized carbons (Fsp3) is 0.467. The van der Waals surface area contributed by atoms with Crippen LogP contribution in [0.2, 0.25) is 0 Å². The highest BCUT2D eigenvalue weighted by Crippen LogP contribution is 2.16. The molecule has 0 aromatic heterocycles. The van der Waals surface area contributed by atoms with E-state index in [0.717, 1.165) is 0 Å². The molecule has 1 rings (SSSR count). The van der Waals surface area contributed by atoms with Crippen LogP contribution < -0.4 is 11.1 Å². The number of rotatable bonds is 6. The number of carbonyl (C=O) groups is 2. The van der Waals surface area contributed by atoms with Gasteiger partial charge in [0.15, 0.2) is 0 Å². The molecule has 4 N–H and O–H groups in total. The van der Waals surface area contributed by atoms with Crippen molar-refractivity contribution in [3.05, 3.63) is 29.3 Å². The number of anilines is 1. The second-order valence-electron chi connectivity index (χ2n) is 5.39. The van der Waals surface area contributed by atoms with E-state index in [-0.39, 0.29) is 18.4 Å². The van der Waals surface area contributed by atoms with Crippen molar-refractivity contribution in [2.24, 2.45) is 11.8 Å². The van der Waals surface area contributed by atoms with E-state index < -0.39 is 11.9 Å². The molecule has 20 heavy (non-hydrogen) atoms. The minimum atomic E-state index is -0.886. The summed E-state index contributed by atoms with van der Waals surface area (Å²) in [6, 6.07) is 5.12. The van der Waals surface area contributed by atoms with Gasteiger partial charge in [-0.1, -0.05) is 19.9 Å². The lowest BCUT2D eigenvalue weighted by molar-refractivity contribution is -0.142. The first-order chi connectivity index (χ1) is 9.32. The molecule has 1 unspecified atom stereocenters. The molecule has 0 saturated carbocycles. The Morgan fingerprint density at radius 1 is 1.35 bits per heavy atom. The number of carboxylic acids is 1. The Balaban J connectivity index is 2.70. The van der Waals surface area contributed by atoms with E-state index in [4.69, 9.17) is 10.8 Å². The summed E-state index contributed by atoms with van der Waals surface area (Å²) < 4.78 is 0. The monoisotopic (exact) mass is 278 g/mol. The average molecular weight is 278 g/mol. The first-order valence-corrected chi connectivity index (χ1v) is 6.69. The molecular formula is C15H22N2O3. The maximum absolute atomic E-state index is 12.1. The van der Waals surface area contributed by atoms with Gasteiger partial charge in [-0.25, -0.2) is 0 Å². The molecule has 0 heterocycles. The van der Waals surface area contributed by atoms with Crippen LogP contribution in [0, 0.1) is 18.8 Å². The number of aliphatic carboxylic acids is 1. The smallest absolute Gasteiger partial charge is 0.308 e. The van der Waals surface area contributed by atoms with Crippen molar-refractivity contribution >= 4 is 17.6 Å². The lowest BCUT2D eigenvalue weighted by Gasteiger charge is -2.16. The van der Waals surface area contributed by atoms with Gasteiger partial charge in [0, 0.05) is 17.8 Å². The molecule has 5 heteroatoms. The molecule has 0 fully saturated rings. The molecule has 0 aliphatic carbocycles. The lowest BCUT2D eigenvalue weighted by Crippen LogP contribution is -2.34. The minimum Gasteiger partial charge on any atom is -0.481 e. The molecule has 0 bridgehead atoms. The van der Waals surface area contributed by atoms with Crippen molar-refractivity contribution in [1.82, 2.24) is 5.32 Å². The molecule has 0 radical (unpaired) electrons. The van der Waals surface area contributed by atoms with E-state index in [1.165, 1.54) is 0 Å². The molecule has 1 atom stereocenters. The Hall–Kier alpha value is -2.04. The predicted molar refractivity (Wildman–Crippen MR) is 78.5 cm³/mol. The molecule has 1 aromatic rings. The molecule has 1 amide bonds. The summed E-state index contributed by atoms with van der Waals surface area (Å²) in [4.78, 5) is 23.2. The molecule has 0 aliphatic heterocycles. The summed E-state index contributed by atoms with van der Waals surface area (Å²) in [6.45, 7) is 5.81. The van der Waals surface area contributed by atoms with Crippen LogP contribution >= 0.6 is 0 Å². The minimum absolute atomic E-state index is 0.126. The number of hydrogen-bond acceptors (Lipinski definition) is 3. The molecule has 1 aromatic carbocycles. The Morgan fingerprint density at radius 3 is 2.55 bits per heavy atom. The summed E-state index contributed by atoms with van der Waals surface area (Å²) >= 11 is 0. The zero-order chi connectivity index (χ0) is 15.3. The summed E-state index contributed by atoms with van der Waals surface area (Å²) in [5.74, 6) is -1.48. The highest BCUT2D eigenvalue weighted by molar-refractivity contribution is 5.97. The standard InChI is InChI=1S/C15H22N2O3/c1-9(2)7-11(15(19)20)8-17-14(18)12-5-4-6-13(16)10(12)3/h4-6,9,11H,7-8,16H2,1-3H3,(H,17,18)(H,19,20). The number of nitrogens with one attached hydrogen (secondary N) is 1. The van der Waals surface area contributed by atoms with Crippen LogP contribution in [0.1, 0.15) is 36.2 Å². The summed E-state index contributed by atoms with van der Waals surface area (Å²) in [7, 11) is 0. The quantitative estimate of drug-likeness (QED) is 0.694. The lowest BCUT2D eigenvalue weighted by atomic mass is 9.97. The van der Waals surface area contributed by atoms with Crippen molar-refractivity contribution in [2.75, 3.05) is 12.3 Å². The van der Waals surface area contributed by atoms with Crippen LogP contribution in [-0.2, 0) is 4.79 Å². The number of nitrogens with two attached hydrogens (primary N) is 1. The van der Waals surface area contributed by atoms with Gasteiger partial charge in [0.2, 0.25) is 0 Å². The van der Waals surface area contributed by atoms with Crippen LogP contribution in [0.4, 0.5) is 5.69 Å². The van der Waals surface area contributed by atoms with Crippen molar-refractivity contribution in [3.63, 3.8) is 0 Å². The number of hydrogen-bond donors (Lipinski definition) is 3. The Bertz CT molecular complexity index is 498. The zero-order valence-electron chi connectivity index (χ0n) is 12.1. The number of amides is 1. The number of carboxylic acid groups (broad SMARTS) is 1. The van der Waals surface area contributed by atoms with Crippen LogP contribution in [0.3, 0.4) is 0 Å². The first-order valence-electron chi connectivity index (χ1n) is 6.69. The molecule has 110 valence electrons. The second-order valence-corrected chi connectivity index (χ2v) is 5.39. The van der Waals surface area contributed by atoms with Gasteiger partial charge < -0.3 is 16.2 Å². The Labute approximate surface area is 119 Å². The molecule has 5 nitrogen and oxygen atoms in total. The van der Waals surface area contributed by atoms with Crippen LogP contribution in [-0.4, -0.2) is 23.5 Å². The normalized spacial score (nSPS) is 12.2. The first kappa shape index (κ1) is 16.0. The summed E-state index contributed by atoms with van der Waals surface area (Å²) in [6.07, 6.45) is 0.533. The van der Waals surface area contributed by atoms with Crippen LogP contribution in [0.25, 0.3) is 0 Å². The Morgan fingerprint density at radius 2 is 2.00 bits per heavy atom. The van der Waals surface area contributed by atoms with Gasteiger partial charge in [0.25, 0.3) is 5.91 Å². The van der Waals surface area contributed by atoms with Crippen molar-refractivity contribution in [3.8, 4) is 0 Å². The maximum Gasteiger partial charge on any atom is 0.308 e. The number of benzene rings is 1. The summed E-state index contributed by atoms with van der Waals surface area (Å²) in [5.41, 5.74) is 7.50. The third kappa shape index (κ3) is 4.26. The maximum atomic E-state index is 12.1. The van der Waals surface area contributed by atoms with Crippen LogP contribution in [0.15, 0.2) is 18.2 Å².